The number of anilines is 1. The molecule has 1 unspecified atom stereocenters. The Labute approximate surface area is 122 Å². The lowest BCUT2D eigenvalue weighted by atomic mass is 10.1. The maximum Gasteiger partial charge on any atom is 0.253 e. The zero-order valence-electron chi connectivity index (χ0n) is 10.4. The minimum Gasteiger partial charge on any atom is -0.396 e. The molecule has 1 amide bonds. The van der Waals surface area contributed by atoms with Gasteiger partial charge in [0.1, 0.15) is 0 Å². The summed E-state index contributed by atoms with van der Waals surface area (Å²) in [5, 5.41) is 9.51. The Morgan fingerprint density at radius 3 is 2.63 bits per heavy atom. The van der Waals surface area contributed by atoms with E-state index < -0.39 is 0 Å². The number of nitrogen functional groups attached to an aromatic ring is 1. The molecule has 1 saturated heterocycles. The van der Waals surface area contributed by atoms with Crippen molar-refractivity contribution < 1.29 is 9.90 Å². The monoisotopic (exact) mass is 302 g/mol. The highest BCUT2D eigenvalue weighted by Crippen LogP contribution is 2.30. The first kappa shape index (κ1) is 14.4. The van der Waals surface area contributed by atoms with Crippen molar-refractivity contribution >= 4 is 34.8 Å². The van der Waals surface area contributed by atoms with Crippen LogP contribution in [0.3, 0.4) is 0 Å². The molecule has 1 aliphatic rings. The molecule has 4 nitrogen and oxygen atoms in total. The maximum absolute atomic E-state index is 12.3. The van der Waals surface area contributed by atoms with E-state index in [0.717, 1.165) is 12.8 Å². The quantitative estimate of drug-likeness (QED) is 0.843. The van der Waals surface area contributed by atoms with Crippen molar-refractivity contribution in [2.24, 2.45) is 5.92 Å². The fraction of sp³-hybridized carbons (Fsp3) is 0.462. The van der Waals surface area contributed by atoms with E-state index in [4.69, 9.17) is 34.0 Å². The third-order valence-corrected chi connectivity index (χ3v) is 4.06. The Morgan fingerprint density at radius 2 is 2.05 bits per heavy atom. The summed E-state index contributed by atoms with van der Waals surface area (Å²) in [6, 6.07) is 3.09. The van der Waals surface area contributed by atoms with Crippen molar-refractivity contribution in [3.63, 3.8) is 0 Å². The Morgan fingerprint density at radius 1 is 1.42 bits per heavy atom. The number of hydrogen-bond donors (Lipinski definition) is 2. The van der Waals surface area contributed by atoms with Crippen molar-refractivity contribution in [3.05, 3.63) is 27.7 Å². The van der Waals surface area contributed by atoms with Gasteiger partial charge in [0.25, 0.3) is 5.91 Å². The highest BCUT2D eigenvalue weighted by atomic mass is 35.5. The molecule has 6 heteroatoms. The summed E-state index contributed by atoms with van der Waals surface area (Å²) in [6.45, 7) is 1.52. The van der Waals surface area contributed by atoms with Crippen molar-refractivity contribution in [2.45, 2.75) is 12.8 Å². The third kappa shape index (κ3) is 3.14. The number of hydrogen-bond acceptors (Lipinski definition) is 3. The van der Waals surface area contributed by atoms with E-state index in [1.54, 1.807) is 17.0 Å². The topological polar surface area (TPSA) is 66.6 Å². The second kappa shape index (κ2) is 5.99. The number of likely N-dealkylation sites (tertiary alicyclic amines) is 1. The molecule has 1 fully saturated rings. The standard InChI is InChI=1S/C13H16Cl2N2O2/c14-10-5-9(6-11(15)12(10)16)13(19)17-3-1-8(7-17)2-4-18/h5-6,8,18H,1-4,7,16H2. The van der Waals surface area contributed by atoms with Crippen LogP contribution in [0.4, 0.5) is 5.69 Å². The number of nitrogens with two attached hydrogens (primary N) is 1. The minimum atomic E-state index is -0.0933. The van der Waals surface area contributed by atoms with E-state index in [-0.39, 0.29) is 12.5 Å². The van der Waals surface area contributed by atoms with Crippen LogP contribution in [0.5, 0.6) is 0 Å². The lowest BCUT2D eigenvalue weighted by Crippen LogP contribution is -2.28. The minimum absolute atomic E-state index is 0.0933. The molecule has 3 N–H and O–H groups in total. The molecule has 1 aliphatic heterocycles. The van der Waals surface area contributed by atoms with Gasteiger partial charge in [-0.15, -0.1) is 0 Å². The number of carbonyl (C=O) groups is 1. The molecule has 0 bridgehead atoms. The van der Waals surface area contributed by atoms with E-state index in [1.807, 2.05) is 0 Å². The van der Waals surface area contributed by atoms with Crippen LogP contribution < -0.4 is 5.73 Å². The Bertz CT molecular complexity index is 471. The van der Waals surface area contributed by atoms with Crippen LogP contribution in [-0.2, 0) is 0 Å². The number of aliphatic hydroxyl groups excluding tert-OH is 1. The number of benzene rings is 1. The first-order valence-corrected chi connectivity index (χ1v) is 6.93. The summed E-state index contributed by atoms with van der Waals surface area (Å²) in [6.07, 6.45) is 1.65. The molecule has 104 valence electrons. The van der Waals surface area contributed by atoms with E-state index in [9.17, 15) is 4.79 Å². The Hall–Kier alpha value is -0.970. The summed E-state index contributed by atoms with van der Waals surface area (Å²) in [4.78, 5) is 14.1. The number of carbonyl (C=O) groups excluding carboxylic acids is 1. The molecular weight excluding hydrogens is 287 g/mol. The first-order chi connectivity index (χ1) is 9.02. The van der Waals surface area contributed by atoms with Crippen molar-refractivity contribution in [3.8, 4) is 0 Å². The predicted octanol–water partition coefficient (Wildman–Crippen LogP) is 2.42. The highest BCUT2D eigenvalue weighted by molar-refractivity contribution is 6.39. The van der Waals surface area contributed by atoms with Gasteiger partial charge in [0.05, 0.1) is 15.7 Å². The summed E-state index contributed by atoms with van der Waals surface area (Å²) in [7, 11) is 0. The summed E-state index contributed by atoms with van der Waals surface area (Å²) < 4.78 is 0. The molecule has 1 aromatic rings. The van der Waals surface area contributed by atoms with Gasteiger partial charge in [-0.05, 0) is 30.9 Å². The molecule has 19 heavy (non-hydrogen) atoms. The average Bonchev–Trinajstić information content (AvgIpc) is 2.83. The summed E-state index contributed by atoms with van der Waals surface area (Å²) in [5.41, 5.74) is 6.39. The van der Waals surface area contributed by atoms with Gasteiger partial charge in [0.2, 0.25) is 0 Å². The van der Waals surface area contributed by atoms with Crippen molar-refractivity contribution in [1.82, 2.24) is 4.90 Å². The molecule has 2 rings (SSSR count). The fourth-order valence-electron chi connectivity index (χ4n) is 2.33. The Balaban J connectivity index is 2.13. The molecule has 0 aliphatic carbocycles. The number of rotatable bonds is 3. The molecular formula is C13H16Cl2N2O2. The average molecular weight is 303 g/mol. The molecule has 0 radical (unpaired) electrons. The van der Waals surface area contributed by atoms with Gasteiger partial charge in [-0.3, -0.25) is 4.79 Å². The maximum atomic E-state index is 12.3. The largest absolute Gasteiger partial charge is 0.396 e. The van der Waals surface area contributed by atoms with Gasteiger partial charge in [-0.25, -0.2) is 0 Å². The van der Waals surface area contributed by atoms with Gasteiger partial charge in [-0.1, -0.05) is 23.2 Å². The number of nitrogens with zero attached hydrogens (tertiary/aromatic N) is 1. The smallest absolute Gasteiger partial charge is 0.253 e. The van der Waals surface area contributed by atoms with Crippen molar-refractivity contribution in [1.29, 1.82) is 0 Å². The SMILES string of the molecule is Nc1c(Cl)cc(C(=O)N2CCC(CCO)C2)cc1Cl. The predicted molar refractivity (Wildman–Crippen MR) is 76.6 cm³/mol. The third-order valence-electron chi connectivity index (χ3n) is 3.44. The highest BCUT2D eigenvalue weighted by Gasteiger charge is 2.27. The van der Waals surface area contributed by atoms with Crippen LogP contribution in [0, 0.1) is 5.92 Å². The zero-order chi connectivity index (χ0) is 14.0. The molecule has 0 aromatic heterocycles. The second-order valence-electron chi connectivity index (χ2n) is 4.77. The fourth-order valence-corrected chi connectivity index (χ4v) is 2.81. The molecule has 1 aromatic carbocycles. The van der Waals surface area contributed by atoms with E-state index >= 15 is 0 Å². The van der Waals surface area contributed by atoms with Crippen LogP contribution in [0.25, 0.3) is 0 Å². The summed E-state index contributed by atoms with van der Waals surface area (Å²) in [5.74, 6) is 0.276. The first-order valence-electron chi connectivity index (χ1n) is 6.17. The zero-order valence-corrected chi connectivity index (χ0v) is 11.9. The van der Waals surface area contributed by atoms with Crippen LogP contribution in [0.2, 0.25) is 10.0 Å². The second-order valence-corrected chi connectivity index (χ2v) is 5.59. The van der Waals surface area contributed by atoms with E-state index in [2.05, 4.69) is 0 Å². The molecule has 1 heterocycles. The van der Waals surface area contributed by atoms with E-state index in [0.29, 0.717) is 40.3 Å². The lowest BCUT2D eigenvalue weighted by Gasteiger charge is -2.17. The van der Waals surface area contributed by atoms with Crippen LogP contribution in [0.15, 0.2) is 12.1 Å². The van der Waals surface area contributed by atoms with Gasteiger partial charge in [0, 0.05) is 25.3 Å². The number of aliphatic hydroxyl groups is 1. The summed E-state index contributed by atoms with van der Waals surface area (Å²) >= 11 is 11.9. The van der Waals surface area contributed by atoms with Crippen LogP contribution in [0.1, 0.15) is 23.2 Å². The number of amides is 1. The lowest BCUT2D eigenvalue weighted by molar-refractivity contribution is 0.0785. The van der Waals surface area contributed by atoms with Gasteiger partial charge >= 0.3 is 0 Å². The number of halogens is 2. The molecule has 0 spiro atoms. The van der Waals surface area contributed by atoms with Gasteiger partial charge < -0.3 is 15.7 Å². The van der Waals surface area contributed by atoms with E-state index in [1.165, 1.54) is 0 Å². The Kier molecular flexibility index (Phi) is 4.55. The molecule has 0 saturated carbocycles. The van der Waals surface area contributed by atoms with Gasteiger partial charge in [0.15, 0.2) is 0 Å². The van der Waals surface area contributed by atoms with Crippen molar-refractivity contribution in [2.75, 3.05) is 25.4 Å². The molecule has 1 atom stereocenters. The van der Waals surface area contributed by atoms with Gasteiger partial charge in [-0.2, -0.15) is 0 Å². The van der Waals surface area contributed by atoms with Crippen LogP contribution in [-0.4, -0.2) is 35.6 Å². The van der Waals surface area contributed by atoms with Crippen LogP contribution >= 0.6 is 23.2 Å². The normalized spacial score (nSPS) is 18.9.